The SMILES string of the molecule is C[C@@H](c1ccccn1)c1ccc2c(c1N)Cc1ccccc1-2.O=C(N[C@H]1CCN([C@H]2CCCC[C@H]2O)C[C@@H]1C(=O)O)c1cc(-c2ccc(F)cc2F)on1. The molecule has 5 aromatic rings. The molecular formula is C42H43F2N5O5. The minimum Gasteiger partial charge on any atom is -0.481 e. The van der Waals surface area contributed by atoms with Gasteiger partial charge in [-0.3, -0.25) is 19.5 Å². The fourth-order valence-electron chi connectivity index (χ4n) is 8.08. The molecule has 3 heterocycles. The molecule has 1 aliphatic heterocycles. The Labute approximate surface area is 312 Å². The normalized spacial score (nSPS) is 21.3. The Balaban J connectivity index is 0.000000178. The maximum Gasteiger partial charge on any atom is 0.309 e. The van der Waals surface area contributed by atoms with Crippen LogP contribution in [0.2, 0.25) is 0 Å². The highest BCUT2D eigenvalue weighted by Crippen LogP contribution is 2.42. The standard InChI is InChI=1S/C22H25F2N3O5.C20H18N2/c23-12-5-6-13(15(24)9-12)20-10-17(26-32-20)21(29)25-16-7-8-27(11-14(16)22(30)31)18-3-1-2-4-19(18)28;1-13(19-8-4-5-11-22-19)15-9-10-17-16-7-3-2-6-14(16)12-18(17)20(15)21/h5-6,9-10,14,16,18-19,28H,1-4,7-8,11H2,(H,25,29)(H,30,31);2-11,13H,12,21H2,1H3/t14-,16-,18-,19+;13-/m01/s1. The summed E-state index contributed by atoms with van der Waals surface area (Å²) in [5, 5.41) is 26.4. The highest BCUT2D eigenvalue weighted by molar-refractivity contribution is 5.93. The zero-order chi connectivity index (χ0) is 37.9. The molecule has 0 spiro atoms. The number of hydrogen-bond acceptors (Lipinski definition) is 8. The number of carbonyl (C=O) groups excluding carboxylic acids is 1. The summed E-state index contributed by atoms with van der Waals surface area (Å²) in [5.41, 5.74) is 14.7. The number of hydrogen-bond donors (Lipinski definition) is 4. The number of anilines is 1. The monoisotopic (exact) mass is 735 g/mol. The zero-order valence-electron chi connectivity index (χ0n) is 29.9. The molecule has 2 aliphatic carbocycles. The maximum absolute atomic E-state index is 14.0. The summed E-state index contributed by atoms with van der Waals surface area (Å²) in [7, 11) is 0. The Bertz CT molecular complexity index is 2140. The van der Waals surface area contributed by atoms with E-state index >= 15 is 0 Å². The van der Waals surface area contributed by atoms with Crippen LogP contribution in [-0.2, 0) is 11.2 Å². The molecule has 12 heteroatoms. The number of aromatic nitrogens is 2. The number of carboxylic acid groups (broad SMARTS) is 1. The number of nitrogens with zero attached hydrogens (tertiary/aromatic N) is 3. The summed E-state index contributed by atoms with van der Waals surface area (Å²) < 4.78 is 32.1. The Kier molecular flexibility index (Phi) is 10.8. The Morgan fingerprint density at radius 3 is 2.50 bits per heavy atom. The molecular weight excluding hydrogens is 692 g/mol. The molecule has 10 nitrogen and oxygen atoms in total. The first-order valence-corrected chi connectivity index (χ1v) is 18.4. The van der Waals surface area contributed by atoms with Crippen molar-refractivity contribution in [2.45, 2.75) is 69.6 Å². The Hall–Kier alpha value is -5.46. The number of nitrogens with one attached hydrogen (secondary N) is 1. The molecule has 5 N–H and O–H groups in total. The summed E-state index contributed by atoms with van der Waals surface area (Å²) in [6, 6.07) is 22.5. The average Bonchev–Trinajstić information content (AvgIpc) is 3.82. The Morgan fingerprint density at radius 2 is 1.74 bits per heavy atom. The highest BCUT2D eigenvalue weighted by Gasteiger charge is 2.40. The maximum atomic E-state index is 14.0. The number of nitrogens with two attached hydrogens (primary N) is 1. The number of pyridine rings is 1. The number of aliphatic hydroxyl groups is 1. The van der Waals surface area contributed by atoms with Crippen molar-refractivity contribution in [2.24, 2.45) is 5.92 Å². The van der Waals surface area contributed by atoms with Crippen LogP contribution in [-0.4, -0.2) is 68.4 Å². The number of aliphatic hydroxyl groups excluding tert-OH is 1. The molecule has 2 aromatic heterocycles. The predicted octanol–water partition coefficient (Wildman–Crippen LogP) is 6.82. The van der Waals surface area contributed by atoms with Gasteiger partial charge in [-0.05, 0) is 71.3 Å². The minimum atomic E-state index is -1.03. The second-order valence-corrected chi connectivity index (χ2v) is 14.3. The number of aliphatic carboxylic acids is 1. The van der Waals surface area contributed by atoms with E-state index < -0.39 is 41.6 Å². The van der Waals surface area contributed by atoms with Crippen LogP contribution in [0.4, 0.5) is 14.5 Å². The molecule has 5 atom stereocenters. The highest BCUT2D eigenvalue weighted by atomic mass is 19.1. The van der Waals surface area contributed by atoms with E-state index in [0.717, 1.165) is 43.1 Å². The fraction of sp³-hybridized carbons (Fsp3) is 0.333. The van der Waals surface area contributed by atoms with E-state index in [9.17, 15) is 28.6 Å². The van der Waals surface area contributed by atoms with Gasteiger partial charge >= 0.3 is 5.97 Å². The van der Waals surface area contributed by atoms with Crippen molar-refractivity contribution < 1.29 is 33.1 Å². The third kappa shape index (κ3) is 7.62. The van der Waals surface area contributed by atoms with Crippen molar-refractivity contribution in [3.05, 3.63) is 125 Å². The molecule has 3 aromatic carbocycles. The Morgan fingerprint density at radius 1 is 0.963 bits per heavy atom. The molecule has 2 fully saturated rings. The van der Waals surface area contributed by atoms with Crippen molar-refractivity contribution in [3.63, 3.8) is 0 Å². The number of likely N-dealkylation sites (tertiary alicyclic amines) is 1. The number of fused-ring (bicyclic) bond motifs is 3. The van der Waals surface area contributed by atoms with Gasteiger partial charge in [0, 0.05) is 67.2 Å². The number of carbonyl (C=O) groups is 2. The quantitative estimate of drug-likeness (QED) is 0.129. The third-order valence-corrected chi connectivity index (χ3v) is 11.0. The first-order chi connectivity index (χ1) is 26.1. The molecule has 1 saturated heterocycles. The molecule has 1 saturated carbocycles. The second-order valence-electron chi connectivity index (χ2n) is 14.3. The van der Waals surface area contributed by atoms with Crippen molar-refractivity contribution >= 4 is 17.6 Å². The molecule has 54 heavy (non-hydrogen) atoms. The number of amides is 1. The van der Waals surface area contributed by atoms with Crippen LogP contribution in [0.3, 0.4) is 0 Å². The molecule has 8 rings (SSSR count). The van der Waals surface area contributed by atoms with Crippen LogP contribution in [0, 0.1) is 17.6 Å². The van der Waals surface area contributed by atoms with Crippen molar-refractivity contribution in [1.82, 2.24) is 20.4 Å². The lowest BCUT2D eigenvalue weighted by molar-refractivity contribution is -0.145. The first kappa shape index (κ1) is 36.9. The summed E-state index contributed by atoms with van der Waals surface area (Å²) in [5.74, 6) is -3.93. The molecule has 0 bridgehead atoms. The summed E-state index contributed by atoms with van der Waals surface area (Å²) >= 11 is 0. The van der Waals surface area contributed by atoms with Gasteiger partial charge in [0.1, 0.15) is 11.6 Å². The number of piperidine rings is 1. The van der Waals surface area contributed by atoms with Crippen molar-refractivity contribution in [2.75, 3.05) is 18.8 Å². The number of rotatable bonds is 7. The average molecular weight is 736 g/mol. The van der Waals surface area contributed by atoms with Gasteiger partial charge in [-0.2, -0.15) is 0 Å². The lowest BCUT2D eigenvalue weighted by atomic mass is 9.86. The van der Waals surface area contributed by atoms with Crippen LogP contribution < -0.4 is 11.1 Å². The smallest absolute Gasteiger partial charge is 0.309 e. The number of halogens is 2. The van der Waals surface area contributed by atoms with Gasteiger partial charge in [0.25, 0.3) is 5.91 Å². The van der Waals surface area contributed by atoms with Gasteiger partial charge in [-0.1, -0.05) is 67.4 Å². The van der Waals surface area contributed by atoms with E-state index in [1.165, 1.54) is 39.9 Å². The molecule has 0 radical (unpaired) electrons. The molecule has 0 unspecified atom stereocenters. The van der Waals surface area contributed by atoms with E-state index in [0.29, 0.717) is 25.5 Å². The predicted molar refractivity (Wildman–Crippen MR) is 200 cm³/mol. The van der Waals surface area contributed by atoms with Crippen LogP contribution in [0.5, 0.6) is 0 Å². The number of carboxylic acids is 1. The van der Waals surface area contributed by atoms with Gasteiger partial charge in [-0.15, -0.1) is 0 Å². The van der Waals surface area contributed by atoms with Crippen LogP contribution >= 0.6 is 0 Å². The summed E-state index contributed by atoms with van der Waals surface area (Å²) in [4.78, 5) is 31.1. The van der Waals surface area contributed by atoms with Crippen molar-refractivity contribution in [1.29, 1.82) is 0 Å². The molecule has 3 aliphatic rings. The van der Waals surface area contributed by atoms with Gasteiger partial charge in [-0.25, -0.2) is 8.78 Å². The summed E-state index contributed by atoms with van der Waals surface area (Å²) in [6.07, 6.45) is 6.21. The summed E-state index contributed by atoms with van der Waals surface area (Å²) in [6.45, 7) is 2.96. The third-order valence-electron chi connectivity index (χ3n) is 11.0. The lowest BCUT2D eigenvalue weighted by Gasteiger charge is -2.43. The lowest BCUT2D eigenvalue weighted by Crippen LogP contribution is -2.58. The van der Waals surface area contributed by atoms with E-state index in [2.05, 4.69) is 64.8 Å². The van der Waals surface area contributed by atoms with Crippen LogP contribution in [0.25, 0.3) is 22.5 Å². The largest absolute Gasteiger partial charge is 0.481 e. The van der Waals surface area contributed by atoms with Gasteiger partial charge in [0.15, 0.2) is 11.5 Å². The van der Waals surface area contributed by atoms with Gasteiger partial charge < -0.3 is 25.8 Å². The number of nitrogen functional groups attached to an aromatic ring is 1. The van der Waals surface area contributed by atoms with E-state index in [1.54, 1.807) is 0 Å². The fourth-order valence-corrected chi connectivity index (χ4v) is 8.08. The van der Waals surface area contributed by atoms with Gasteiger partial charge in [0.2, 0.25) is 0 Å². The molecule has 1 amide bonds. The van der Waals surface area contributed by atoms with E-state index in [1.807, 2.05) is 23.2 Å². The minimum absolute atomic E-state index is 0.0384. The first-order valence-electron chi connectivity index (χ1n) is 18.4. The van der Waals surface area contributed by atoms with E-state index in [4.69, 9.17) is 10.3 Å². The second kappa shape index (κ2) is 15.9. The van der Waals surface area contributed by atoms with E-state index in [-0.39, 0.29) is 35.5 Å². The van der Waals surface area contributed by atoms with Crippen LogP contribution in [0.1, 0.15) is 77.8 Å². The number of benzene rings is 3. The topological polar surface area (TPSA) is 155 Å². The van der Waals surface area contributed by atoms with Gasteiger partial charge in [0.05, 0.1) is 17.6 Å². The zero-order valence-corrected chi connectivity index (χ0v) is 29.9. The molecule has 280 valence electrons. The van der Waals surface area contributed by atoms with Crippen molar-refractivity contribution in [3.8, 4) is 22.5 Å². The van der Waals surface area contributed by atoms with Crippen LogP contribution in [0.15, 0.2) is 89.6 Å².